The van der Waals surface area contributed by atoms with Crippen molar-refractivity contribution in [3.05, 3.63) is 15.5 Å². The summed E-state index contributed by atoms with van der Waals surface area (Å²) in [5, 5.41) is 0. The summed E-state index contributed by atoms with van der Waals surface area (Å²) < 4.78 is 25.6. The molecule has 1 rings (SSSR count). The molecule has 11 heavy (non-hydrogen) atoms. The predicted octanol–water partition coefficient (Wildman–Crippen LogP) is 1.97. The Labute approximate surface area is 81.1 Å². The Morgan fingerprint density at radius 3 is 2.73 bits per heavy atom. The predicted molar refractivity (Wildman–Crippen MR) is 48.3 cm³/mol. The van der Waals surface area contributed by atoms with Crippen molar-refractivity contribution in [3.8, 4) is 0 Å². The molecule has 7 heteroatoms. The molecule has 0 aliphatic heterocycles. The number of hydrogen-bond donors (Lipinski definition) is 0. The second-order valence-electron chi connectivity index (χ2n) is 1.78. The maximum atomic E-state index is 10.6. The van der Waals surface area contributed by atoms with Crippen LogP contribution in [0.4, 0.5) is 0 Å². The molecule has 0 aliphatic carbocycles. The van der Waals surface area contributed by atoms with Crippen LogP contribution in [-0.4, -0.2) is 12.8 Å². The second-order valence-corrected chi connectivity index (χ2v) is 6.30. The first-order valence-electron chi connectivity index (χ1n) is 2.50. The highest BCUT2D eigenvalue weighted by Crippen LogP contribution is 2.23. The highest BCUT2D eigenvalue weighted by molar-refractivity contribution is 9.10. The Morgan fingerprint density at radius 2 is 2.36 bits per heavy atom. The monoisotopic (exact) mass is 275 g/mol. The van der Waals surface area contributed by atoms with Crippen molar-refractivity contribution in [2.24, 2.45) is 0 Å². The smallest absolute Gasteiger partial charge is 0.212 e. The van der Waals surface area contributed by atoms with Gasteiger partial charge >= 0.3 is 0 Å². The van der Waals surface area contributed by atoms with Crippen LogP contribution in [0.2, 0.25) is 0 Å². The van der Waals surface area contributed by atoms with Gasteiger partial charge in [-0.05, 0) is 27.5 Å². The van der Waals surface area contributed by atoms with Gasteiger partial charge in [0.1, 0.15) is 5.75 Å². The van der Waals surface area contributed by atoms with E-state index < -0.39 is 9.05 Å². The summed E-state index contributed by atoms with van der Waals surface area (Å²) in [7, 11) is 1.57. The van der Waals surface area contributed by atoms with Gasteiger partial charge in [0.05, 0.1) is 15.5 Å². The maximum Gasteiger partial charge on any atom is 0.237 e. The van der Waals surface area contributed by atoms with Crippen LogP contribution in [-0.2, 0) is 14.8 Å². The molecule has 0 aliphatic rings. The molecule has 1 heterocycles. The van der Waals surface area contributed by atoms with Gasteiger partial charge in [-0.2, -0.15) is 4.37 Å². The molecule has 0 fully saturated rings. The lowest BCUT2D eigenvalue weighted by Gasteiger charge is -1.90. The first-order chi connectivity index (χ1) is 4.99. The van der Waals surface area contributed by atoms with Crippen molar-refractivity contribution < 1.29 is 8.42 Å². The lowest BCUT2D eigenvalue weighted by molar-refractivity contribution is 0.609. The van der Waals surface area contributed by atoms with Crippen molar-refractivity contribution in [1.82, 2.24) is 4.37 Å². The van der Waals surface area contributed by atoms with E-state index in [2.05, 4.69) is 20.3 Å². The highest BCUT2D eigenvalue weighted by atomic mass is 79.9. The van der Waals surface area contributed by atoms with Crippen molar-refractivity contribution in [2.75, 3.05) is 0 Å². The molecule has 0 bridgehead atoms. The minimum absolute atomic E-state index is 0.167. The van der Waals surface area contributed by atoms with E-state index in [1.54, 1.807) is 6.20 Å². The fraction of sp³-hybridized carbons (Fsp3) is 0.250. The summed E-state index contributed by atoms with van der Waals surface area (Å²) >= 11 is 4.26. The molecular formula is C4H3BrClNO2S2. The van der Waals surface area contributed by atoms with Crippen molar-refractivity contribution in [3.63, 3.8) is 0 Å². The lowest BCUT2D eigenvalue weighted by atomic mass is 10.6. The molecule has 1 aromatic heterocycles. The fourth-order valence-electron chi connectivity index (χ4n) is 0.504. The molecule has 0 unspecified atom stereocenters. The first-order valence-corrected chi connectivity index (χ1v) is 6.55. The number of aromatic nitrogens is 1. The van der Waals surface area contributed by atoms with Gasteiger partial charge in [-0.3, -0.25) is 0 Å². The van der Waals surface area contributed by atoms with Crippen molar-refractivity contribution in [1.29, 1.82) is 0 Å². The Morgan fingerprint density at radius 1 is 1.73 bits per heavy atom. The van der Waals surface area contributed by atoms with Crippen molar-refractivity contribution >= 4 is 47.2 Å². The van der Waals surface area contributed by atoms with E-state index >= 15 is 0 Å². The normalized spacial score (nSPS) is 11.8. The molecule has 0 amide bonds. The maximum absolute atomic E-state index is 10.6. The molecule has 62 valence electrons. The van der Waals surface area contributed by atoms with E-state index in [1.165, 1.54) is 0 Å². The third kappa shape index (κ3) is 3.06. The lowest BCUT2D eigenvalue weighted by Crippen LogP contribution is -1.92. The number of nitrogens with zero attached hydrogens (tertiary/aromatic N) is 1. The fourth-order valence-corrected chi connectivity index (χ4v) is 3.38. The van der Waals surface area contributed by atoms with Gasteiger partial charge < -0.3 is 0 Å². The van der Waals surface area contributed by atoms with Crippen LogP contribution < -0.4 is 0 Å². The Bertz CT molecular complexity index is 347. The molecule has 1 aromatic rings. The molecule has 0 saturated carbocycles. The van der Waals surface area contributed by atoms with E-state index in [9.17, 15) is 8.42 Å². The SMILES string of the molecule is O=S(=O)(Cl)Cc1sncc1Br. The number of hydrogen-bond acceptors (Lipinski definition) is 4. The summed E-state index contributed by atoms with van der Waals surface area (Å²) in [5.74, 6) is -0.167. The Hall–Kier alpha value is 0.350. The Balaban J connectivity index is 2.89. The van der Waals surface area contributed by atoms with Crippen LogP contribution in [0, 0.1) is 0 Å². The van der Waals surface area contributed by atoms with Crippen LogP contribution in [0.15, 0.2) is 10.7 Å². The second kappa shape index (κ2) is 3.38. The largest absolute Gasteiger partial charge is 0.237 e. The minimum atomic E-state index is -3.46. The van der Waals surface area contributed by atoms with Crippen LogP contribution in [0.3, 0.4) is 0 Å². The van der Waals surface area contributed by atoms with E-state index in [-0.39, 0.29) is 5.75 Å². The summed E-state index contributed by atoms with van der Waals surface area (Å²) in [5.41, 5.74) is 0. The topological polar surface area (TPSA) is 47.0 Å². The summed E-state index contributed by atoms with van der Waals surface area (Å²) in [6.45, 7) is 0. The summed E-state index contributed by atoms with van der Waals surface area (Å²) in [4.78, 5) is 0.625. The zero-order chi connectivity index (χ0) is 8.48. The van der Waals surface area contributed by atoms with Gasteiger partial charge in [0.15, 0.2) is 0 Å². The minimum Gasteiger partial charge on any atom is -0.212 e. The van der Waals surface area contributed by atoms with Gasteiger partial charge in [-0.25, -0.2) is 8.42 Å². The molecule has 0 saturated heterocycles. The van der Waals surface area contributed by atoms with E-state index in [0.717, 1.165) is 11.5 Å². The van der Waals surface area contributed by atoms with E-state index in [4.69, 9.17) is 10.7 Å². The van der Waals surface area contributed by atoms with Gasteiger partial charge in [-0.15, -0.1) is 0 Å². The molecule has 0 N–H and O–H groups in total. The van der Waals surface area contributed by atoms with Crippen molar-refractivity contribution in [2.45, 2.75) is 5.75 Å². The molecule has 0 atom stereocenters. The van der Waals surface area contributed by atoms with Gasteiger partial charge in [0.25, 0.3) is 0 Å². The van der Waals surface area contributed by atoms with Gasteiger partial charge in [0, 0.05) is 10.7 Å². The molecule has 0 aromatic carbocycles. The van der Waals surface area contributed by atoms with Crippen LogP contribution >= 0.6 is 38.1 Å². The van der Waals surface area contributed by atoms with E-state index in [0.29, 0.717) is 9.35 Å². The van der Waals surface area contributed by atoms with Crippen LogP contribution in [0.1, 0.15) is 4.88 Å². The standard InChI is InChI=1S/C4H3BrClNO2S2/c5-3-1-7-10-4(3)2-11(6,8)9/h1H,2H2. The zero-order valence-electron chi connectivity index (χ0n) is 5.12. The summed E-state index contributed by atoms with van der Waals surface area (Å²) in [6, 6.07) is 0. The van der Waals surface area contributed by atoms with E-state index in [1.807, 2.05) is 0 Å². The molecule has 0 radical (unpaired) electrons. The summed E-state index contributed by atoms with van der Waals surface area (Å²) in [6.07, 6.45) is 1.54. The zero-order valence-corrected chi connectivity index (χ0v) is 9.10. The molecule has 0 spiro atoms. The third-order valence-corrected chi connectivity index (χ3v) is 3.78. The number of halogens is 2. The van der Waals surface area contributed by atoms with Gasteiger partial charge in [-0.1, -0.05) is 0 Å². The molecular weight excluding hydrogens is 274 g/mol. The van der Waals surface area contributed by atoms with Gasteiger partial charge in [0.2, 0.25) is 9.05 Å². The first kappa shape index (κ1) is 9.44. The average molecular weight is 277 g/mol. The average Bonchev–Trinajstić information content (AvgIpc) is 2.12. The van der Waals surface area contributed by atoms with Crippen LogP contribution in [0.25, 0.3) is 0 Å². The van der Waals surface area contributed by atoms with Crippen LogP contribution in [0.5, 0.6) is 0 Å². The third-order valence-electron chi connectivity index (χ3n) is 0.899. The molecule has 3 nitrogen and oxygen atoms in total. The quantitative estimate of drug-likeness (QED) is 0.776. The number of rotatable bonds is 2. The Kier molecular flexibility index (Phi) is 2.90. The highest BCUT2D eigenvalue weighted by Gasteiger charge is 2.11.